The molecule has 0 atom stereocenters. The van der Waals surface area contributed by atoms with Gasteiger partial charge >= 0.3 is 0 Å². The minimum atomic E-state index is 0.607. The maximum absolute atomic E-state index is 10.1. The summed E-state index contributed by atoms with van der Waals surface area (Å²) >= 11 is 0. The summed E-state index contributed by atoms with van der Waals surface area (Å²) in [4.78, 5) is 5.22. The topological polar surface area (TPSA) is 46.5 Å². The molecular weight excluding hydrogens is 825 g/mol. The number of nitriles is 1. The maximum Gasteiger partial charge on any atom is 0.0991 e. The van der Waals surface area contributed by atoms with Gasteiger partial charge in [-0.05, 0) is 114 Å². The van der Waals surface area contributed by atoms with Crippen LogP contribution in [0.25, 0.3) is 111 Å². The minimum Gasteiger partial charge on any atom is -0.307 e. The number of pyridine rings is 1. The summed E-state index contributed by atoms with van der Waals surface area (Å²) in [7, 11) is 0. The second-order valence-corrected chi connectivity index (χ2v) is 18.3. The van der Waals surface area contributed by atoms with E-state index in [4.69, 9.17) is 4.98 Å². The largest absolute Gasteiger partial charge is 0.307 e. The van der Waals surface area contributed by atoms with Crippen molar-refractivity contribution in [3.05, 3.63) is 234 Å². The third kappa shape index (κ3) is 6.96. The third-order valence-electron chi connectivity index (χ3n) is 13.6. The van der Waals surface area contributed by atoms with Gasteiger partial charge in [0.1, 0.15) is 0 Å². The van der Waals surface area contributed by atoms with Crippen molar-refractivity contribution in [2.24, 2.45) is 0 Å². The lowest BCUT2D eigenvalue weighted by molar-refractivity contribution is 1.09. The summed E-state index contributed by atoms with van der Waals surface area (Å²) in [6.45, 7) is 8.59. The van der Waals surface area contributed by atoms with Crippen LogP contribution in [0.4, 0.5) is 0 Å². The highest BCUT2D eigenvalue weighted by Crippen LogP contribution is 2.44. The molecule has 3 heterocycles. The van der Waals surface area contributed by atoms with Crippen LogP contribution in [0.3, 0.4) is 0 Å². The van der Waals surface area contributed by atoms with Gasteiger partial charge in [0.2, 0.25) is 0 Å². The van der Waals surface area contributed by atoms with Crippen LogP contribution in [-0.2, 0) is 0 Å². The molecule has 68 heavy (non-hydrogen) atoms. The van der Waals surface area contributed by atoms with Crippen molar-refractivity contribution in [2.45, 2.75) is 27.7 Å². The Bertz CT molecular complexity index is 3590. The van der Waals surface area contributed by atoms with Crippen LogP contribution < -0.4 is 0 Å². The van der Waals surface area contributed by atoms with E-state index in [2.05, 4.69) is 225 Å². The van der Waals surface area contributed by atoms with Crippen LogP contribution in [0.15, 0.2) is 207 Å². The van der Waals surface area contributed by atoms with Crippen molar-refractivity contribution in [2.75, 3.05) is 0 Å². The zero-order valence-corrected chi connectivity index (χ0v) is 38.4. The van der Waals surface area contributed by atoms with E-state index in [9.17, 15) is 5.26 Å². The third-order valence-corrected chi connectivity index (χ3v) is 13.6. The van der Waals surface area contributed by atoms with Gasteiger partial charge in [-0.15, -0.1) is 0 Å². The lowest BCUT2D eigenvalue weighted by Crippen LogP contribution is -2.05. The molecule has 0 saturated heterocycles. The molecule has 0 radical (unpaired) electrons. The Morgan fingerprint density at radius 2 is 0.632 bits per heavy atom. The Morgan fingerprint density at radius 3 is 0.926 bits per heavy atom. The molecule has 12 aromatic rings. The van der Waals surface area contributed by atoms with Gasteiger partial charge in [0.25, 0.3) is 0 Å². The Kier molecular flexibility index (Phi) is 9.74. The highest BCUT2D eigenvalue weighted by molar-refractivity contribution is 6.14. The molecule has 0 bridgehead atoms. The van der Waals surface area contributed by atoms with Crippen LogP contribution >= 0.6 is 0 Å². The van der Waals surface area contributed by atoms with Crippen molar-refractivity contribution in [1.29, 1.82) is 5.26 Å². The first kappa shape index (κ1) is 40.7. The van der Waals surface area contributed by atoms with E-state index >= 15 is 0 Å². The van der Waals surface area contributed by atoms with Crippen LogP contribution in [0.1, 0.15) is 27.8 Å². The van der Waals surface area contributed by atoms with Crippen LogP contribution in [0, 0.1) is 39.0 Å². The Labute approximate surface area is 396 Å². The molecule has 0 aliphatic rings. The fourth-order valence-electron chi connectivity index (χ4n) is 10.4. The lowest BCUT2D eigenvalue weighted by atomic mass is 10.00. The summed E-state index contributed by atoms with van der Waals surface area (Å²) in [6.07, 6.45) is 4.05. The van der Waals surface area contributed by atoms with Crippen LogP contribution in [0.2, 0.25) is 0 Å². The van der Waals surface area contributed by atoms with Crippen molar-refractivity contribution in [3.63, 3.8) is 0 Å². The molecule has 9 aromatic carbocycles. The second kappa shape index (κ2) is 16.3. The highest BCUT2D eigenvalue weighted by Gasteiger charge is 2.24. The Balaban J connectivity index is 1.22. The molecule has 0 N–H and O–H groups in total. The number of benzene rings is 9. The second-order valence-electron chi connectivity index (χ2n) is 18.3. The highest BCUT2D eigenvalue weighted by atomic mass is 15.0. The normalized spacial score (nSPS) is 11.5. The fourth-order valence-corrected chi connectivity index (χ4v) is 10.4. The monoisotopic (exact) mass is 870 g/mol. The molecule has 0 aliphatic carbocycles. The number of hydrogen-bond acceptors (Lipinski definition) is 2. The SMILES string of the molecule is Cc1cccc(-c2ccc3c4ccc(-c5cccc(C)c5)cc4n(-c4cncc(-n5c6cc(-c7cccc(C)c7)ccc6c6ccc(-c7cccc(C)c7)cc65)c4-c4ccc(C#N)cc4)c3c2)c1. The number of rotatable bonds is 7. The first-order valence-corrected chi connectivity index (χ1v) is 23.2. The minimum absolute atomic E-state index is 0.607. The molecule has 0 saturated carbocycles. The van der Waals surface area contributed by atoms with E-state index in [1.807, 2.05) is 24.5 Å². The number of fused-ring (bicyclic) bond motifs is 6. The number of aryl methyl sites for hydroxylation is 4. The first-order chi connectivity index (χ1) is 33.3. The molecule has 0 spiro atoms. The summed E-state index contributed by atoms with van der Waals surface area (Å²) in [5, 5.41) is 14.7. The maximum atomic E-state index is 10.1. The van der Waals surface area contributed by atoms with Gasteiger partial charge < -0.3 is 9.13 Å². The zero-order chi connectivity index (χ0) is 46.0. The van der Waals surface area contributed by atoms with Crippen LogP contribution in [-0.4, -0.2) is 14.1 Å². The average Bonchev–Trinajstić information content (AvgIpc) is 3.87. The van der Waals surface area contributed by atoms with Gasteiger partial charge in [-0.25, -0.2) is 0 Å². The molecule has 0 unspecified atom stereocenters. The van der Waals surface area contributed by atoms with Gasteiger partial charge in [0.05, 0.1) is 57.5 Å². The van der Waals surface area contributed by atoms with Gasteiger partial charge in [-0.3, -0.25) is 4.98 Å². The summed E-state index contributed by atoms with van der Waals surface area (Å²) < 4.78 is 4.86. The van der Waals surface area contributed by atoms with Gasteiger partial charge in [0.15, 0.2) is 0 Å². The smallest absolute Gasteiger partial charge is 0.0991 e. The van der Waals surface area contributed by atoms with Gasteiger partial charge in [0, 0.05) is 27.1 Å². The van der Waals surface area contributed by atoms with E-state index in [-0.39, 0.29) is 0 Å². The van der Waals surface area contributed by atoms with Crippen molar-refractivity contribution >= 4 is 43.6 Å². The van der Waals surface area contributed by atoms with E-state index in [0.717, 1.165) is 88.4 Å². The predicted molar refractivity (Wildman–Crippen MR) is 284 cm³/mol. The predicted octanol–water partition coefficient (Wildman–Crippen LogP) is 16.7. The zero-order valence-electron chi connectivity index (χ0n) is 38.4. The molecule has 4 heteroatoms. The molecule has 0 fully saturated rings. The number of hydrogen-bond donors (Lipinski definition) is 0. The number of nitrogens with zero attached hydrogens (tertiary/aromatic N) is 4. The fraction of sp³-hybridized carbons (Fsp3) is 0.0625. The summed E-state index contributed by atoms with van der Waals surface area (Å²) in [5.74, 6) is 0. The summed E-state index contributed by atoms with van der Waals surface area (Å²) in [6, 6.07) is 72.8. The Hall–Kier alpha value is -8.78. The van der Waals surface area contributed by atoms with Crippen molar-refractivity contribution in [1.82, 2.24) is 14.1 Å². The van der Waals surface area contributed by atoms with E-state index in [1.54, 1.807) is 0 Å². The average molecular weight is 871 g/mol. The van der Waals surface area contributed by atoms with Gasteiger partial charge in [-0.1, -0.05) is 180 Å². The van der Waals surface area contributed by atoms with E-state index in [1.165, 1.54) is 44.5 Å². The first-order valence-electron chi connectivity index (χ1n) is 23.2. The molecule has 0 amide bonds. The standard InChI is InChI=1S/C64H46N4/c1-40-9-5-13-46(29-40)50-21-25-54-55-26-22-51(47-14-6-10-41(2)30-47)34-59(55)67(58(54)33-50)62-38-66-39-63(64(62)45-19-17-44(37-65)18-20-45)68-60-35-52(48-15-7-11-42(3)31-48)23-27-56(60)57-28-24-53(36-61(57)68)49-16-8-12-43(4)32-49/h5-36,38-39H,1-4H3. The quantitative estimate of drug-likeness (QED) is 0.160. The molecule has 4 nitrogen and oxygen atoms in total. The van der Waals surface area contributed by atoms with Gasteiger partial charge in [-0.2, -0.15) is 5.26 Å². The molecule has 12 rings (SSSR count). The van der Waals surface area contributed by atoms with Crippen LogP contribution in [0.5, 0.6) is 0 Å². The Morgan fingerprint density at radius 1 is 0.338 bits per heavy atom. The molecule has 0 aliphatic heterocycles. The van der Waals surface area contributed by atoms with E-state index in [0.29, 0.717) is 5.56 Å². The lowest BCUT2D eigenvalue weighted by Gasteiger charge is -2.20. The molecule has 3 aromatic heterocycles. The summed E-state index contributed by atoms with van der Waals surface area (Å²) in [5.41, 5.74) is 22.9. The van der Waals surface area contributed by atoms with E-state index < -0.39 is 0 Å². The van der Waals surface area contributed by atoms with Crippen molar-refractivity contribution < 1.29 is 0 Å². The van der Waals surface area contributed by atoms with Crippen molar-refractivity contribution in [3.8, 4) is 73.1 Å². The molecule has 322 valence electrons. The molecular formula is C64H46N4. The number of aromatic nitrogens is 3.